The van der Waals surface area contributed by atoms with E-state index in [-0.39, 0.29) is 18.6 Å². The van der Waals surface area contributed by atoms with Crippen LogP contribution in [0.5, 0.6) is 0 Å². The third kappa shape index (κ3) is 3.67. The van der Waals surface area contributed by atoms with Gasteiger partial charge >= 0.3 is 0 Å². The van der Waals surface area contributed by atoms with Crippen LogP contribution in [0.1, 0.15) is 42.5 Å². The van der Waals surface area contributed by atoms with Gasteiger partial charge in [-0.1, -0.05) is 30.9 Å². The van der Waals surface area contributed by atoms with Crippen LogP contribution in [0.15, 0.2) is 18.3 Å². The zero-order valence-electron chi connectivity index (χ0n) is 10.9. The van der Waals surface area contributed by atoms with Crippen LogP contribution in [-0.2, 0) is 0 Å². The van der Waals surface area contributed by atoms with Gasteiger partial charge in [0.1, 0.15) is 5.15 Å². The Bertz CT molecular complexity index is 433. The van der Waals surface area contributed by atoms with Gasteiger partial charge < -0.3 is 10.0 Å². The van der Waals surface area contributed by atoms with Gasteiger partial charge in [-0.15, -0.1) is 0 Å². The summed E-state index contributed by atoms with van der Waals surface area (Å²) in [6, 6.07) is 3.48. The van der Waals surface area contributed by atoms with Crippen molar-refractivity contribution in [1.82, 2.24) is 9.88 Å². The SMILES string of the molecule is O=C(c1ccnc(Cl)c1)N(CCO)C1CCCCC1. The molecule has 1 amide bonds. The summed E-state index contributed by atoms with van der Waals surface area (Å²) in [6.07, 6.45) is 7.11. The lowest BCUT2D eigenvalue weighted by Gasteiger charge is -2.34. The maximum atomic E-state index is 12.5. The average molecular weight is 283 g/mol. The fraction of sp³-hybridized carbons (Fsp3) is 0.571. The molecule has 1 heterocycles. The second-order valence-corrected chi connectivity index (χ2v) is 5.27. The largest absolute Gasteiger partial charge is 0.395 e. The standard InChI is InChI=1S/C14H19ClN2O2/c15-13-10-11(6-7-16-13)14(19)17(8-9-18)12-4-2-1-3-5-12/h6-7,10,12,18H,1-5,8-9H2. The Morgan fingerprint density at radius 3 is 2.79 bits per heavy atom. The van der Waals surface area contributed by atoms with Crippen molar-refractivity contribution in [3.8, 4) is 0 Å². The molecule has 0 radical (unpaired) electrons. The molecule has 4 nitrogen and oxygen atoms in total. The lowest BCUT2D eigenvalue weighted by atomic mass is 9.93. The molecule has 0 aliphatic heterocycles. The van der Waals surface area contributed by atoms with E-state index in [1.807, 2.05) is 0 Å². The van der Waals surface area contributed by atoms with Crippen LogP contribution in [0, 0.1) is 0 Å². The summed E-state index contributed by atoms with van der Waals surface area (Å²) in [4.78, 5) is 18.2. The monoisotopic (exact) mass is 282 g/mol. The molecule has 1 aliphatic carbocycles. The number of rotatable bonds is 4. The molecule has 1 N–H and O–H groups in total. The topological polar surface area (TPSA) is 53.4 Å². The van der Waals surface area contributed by atoms with Crippen molar-refractivity contribution in [2.45, 2.75) is 38.1 Å². The third-order valence-corrected chi connectivity index (χ3v) is 3.80. The van der Waals surface area contributed by atoms with E-state index in [0.717, 1.165) is 25.7 Å². The summed E-state index contributed by atoms with van der Waals surface area (Å²) in [6.45, 7) is 0.366. The van der Waals surface area contributed by atoms with Gasteiger partial charge in [0.15, 0.2) is 0 Å². The Hall–Kier alpha value is -1.13. The Morgan fingerprint density at radius 2 is 2.16 bits per heavy atom. The maximum Gasteiger partial charge on any atom is 0.254 e. The smallest absolute Gasteiger partial charge is 0.254 e. The number of aromatic nitrogens is 1. The molecule has 19 heavy (non-hydrogen) atoms. The second-order valence-electron chi connectivity index (χ2n) is 4.88. The fourth-order valence-electron chi connectivity index (χ4n) is 2.65. The van der Waals surface area contributed by atoms with Crippen molar-refractivity contribution < 1.29 is 9.90 Å². The Morgan fingerprint density at radius 1 is 1.42 bits per heavy atom. The van der Waals surface area contributed by atoms with E-state index in [4.69, 9.17) is 11.6 Å². The van der Waals surface area contributed by atoms with E-state index in [0.29, 0.717) is 17.3 Å². The highest BCUT2D eigenvalue weighted by Crippen LogP contribution is 2.24. The van der Waals surface area contributed by atoms with Gasteiger partial charge in [-0.25, -0.2) is 4.98 Å². The zero-order chi connectivity index (χ0) is 13.7. The Balaban J connectivity index is 2.15. The van der Waals surface area contributed by atoms with Gasteiger partial charge in [0.2, 0.25) is 0 Å². The van der Waals surface area contributed by atoms with Crippen molar-refractivity contribution in [3.05, 3.63) is 29.0 Å². The zero-order valence-corrected chi connectivity index (χ0v) is 11.6. The first kappa shape index (κ1) is 14.3. The number of carbonyl (C=O) groups is 1. The minimum Gasteiger partial charge on any atom is -0.395 e. The number of aliphatic hydroxyl groups is 1. The van der Waals surface area contributed by atoms with Crippen LogP contribution in [0.3, 0.4) is 0 Å². The first-order valence-electron chi connectivity index (χ1n) is 6.76. The minimum absolute atomic E-state index is 0.0128. The number of amides is 1. The predicted octanol–water partition coefficient (Wildman–Crippen LogP) is 2.50. The van der Waals surface area contributed by atoms with Crippen molar-refractivity contribution in [1.29, 1.82) is 0 Å². The van der Waals surface area contributed by atoms with Gasteiger partial charge in [-0.3, -0.25) is 4.79 Å². The molecular formula is C14H19ClN2O2. The summed E-state index contributed by atoms with van der Waals surface area (Å²) in [5.74, 6) is -0.0646. The van der Waals surface area contributed by atoms with Crippen LogP contribution < -0.4 is 0 Å². The van der Waals surface area contributed by atoms with Crippen LogP contribution in [0.4, 0.5) is 0 Å². The summed E-state index contributed by atoms with van der Waals surface area (Å²) in [7, 11) is 0. The molecule has 0 bridgehead atoms. The fourth-order valence-corrected chi connectivity index (χ4v) is 2.83. The number of halogens is 1. The first-order valence-corrected chi connectivity index (χ1v) is 7.13. The quantitative estimate of drug-likeness (QED) is 0.864. The molecule has 0 unspecified atom stereocenters. The molecular weight excluding hydrogens is 264 g/mol. The molecule has 0 aromatic carbocycles. The highest BCUT2D eigenvalue weighted by molar-refractivity contribution is 6.29. The van der Waals surface area contributed by atoms with Crippen molar-refractivity contribution >= 4 is 17.5 Å². The van der Waals surface area contributed by atoms with E-state index in [9.17, 15) is 9.90 Å². The minimum atomic E-state index is -0.0646. The van der Waals surface area contributed by atoms with Gasteiger partial charge in [0.05, 0.1) is 6.61 Å². The average Bonchev–Trinajstić information content (AvgIpc) is 2.45. The van der Waals surface area contributed by atoms with Gasteiger partial charge in [-0.05, 0) is 25.0 Å². The molecule has 0 spiro atoms. The maximum absolute atomic E-state index is 12.5. The van der Waals surface area contributed by atoms with Gasteiger partial charge in [-0.2, -0.15) is 0 Å². The lowest BCUT2D eigenvalue weighted by molar-refractivity contribution is 0.0585. The van der Waals surface area contributed by atoms with E-state index >= 15 is 0 Å². The second kappa shape index (κ2) is 6.87. The molecule has 5 heteroatoms. The van der Waals surface area contributed by atoms with E-state index in [1.54, 1.807) is 17.0 Å². The van der Waals surface area contributed by atoms with Crippen LogP contribution >= 0.6 is 11.6 Å². The third-order valence-electron chi connectivity index (χ3n) is 3.59. The molecule has 1 saturated carbocycles. The Kier molecular flexibility index (Phi) is 5.16. The summed E-state index contributed by atoms with van der Waals surface area (Å²) >= 11 is 5.83. The lowest BCUT2D eigenvalue weighted by Crippen LogP contribution is -2.43. The molecule has 1 aromatic rings. The summed E-state index contributed by atoms with van der Waals surface area (Å²) < 4.78 is 0. The molecule has 1 fully saturated rings. The van der Waals surface area contributed by atoms with Crippen LogP contribution in [-0.4, -0.2) is 40.1 Å². The number of aliphatic hydroxyl groups excluding tert-OH is 1. The molecule has 1 aliphatic rings. The van der Waals surface area contributed by atoms with Gasteiger partial charge in [0.25, 0.3) is 5.91 Å². The number of pyridine rings is 1. The molecule has 0 atom stereocenters. The molecule has 104 valence electrons. The van der Waals surface area contributed by atoms with Crippen molar-refractivity contribution in [2.24, 2.45) is 0 Å². The normalized spacial score (nSPS) is 16.3. The van der Waals surface area contributed by atoms with Gasteiger partial charge in [0, 0.05) is 24.3 Å². The predicted molar refractivity (Wildman–Crippen MR) is 74.2 cm³/mol. The highest BCUT2D eigenvalue weighted by Gasteiger charge is 2.25. The summed E-state index contributed by atoms with van der Waals surface area (Å²) in [5.41, 5.74) is 0.541. The number of nitrogens with zero attached hydrogens (tertiary/aromatic N) is 2. The van der Waals surface area contributed by atoms with E-state index in [1.165, 1.54) is 12.6 Å². The van der Waals surface area contributed by atoms with E-state index < -0.39 is 0 Å². The highest BCUT2D eigenvalue weighted by atomic mass is 35.5. The molecule has 1 aromatic heterocycles. The molecule has 2 rings (SSSR count). The molecule has 0 saturated heterocycles. The summed E-state index contributed by atoms with van der Waals surface area (Å²) in [5, 5.41) is 9.50. The first-order chi connectivity index (χ1) is 9.22. The van der Waals surface area contributed by atoms with Crippen molar-refractivity contribution in [3.63, 3.8) is 0 Å². The number of hydrogen-bond acceptors (Lipinski definition) is 3. The van der Waals surface area contributed by atoms with E-state index in [2.05, 4.69) is 4.98 Å². The number of carbonyl (C=O) groups excluding carboxylic acids is 1. The van der Waals surface area contributed by atoms with Crippen LogP contribution in [0.25, 0.3) is 0 Å². The number of hydrogen-bond donors (Lipinski definition) is 1. The van der Waals surface area contributed by atoms with Crippen LogP contribution in [0.2, 0.25) is 5.15 Å². The van der Waals surface area contributed by atoms with Crippen molar-refractivity contribution in [2.75, 3.05) is 13.2 Å². The Labute approximate surface area is 118 Å².